The van der Waals surface area contributed by atoms with Crippen LogP contribution in [0, 0.1) is 31.6 Å². The number of nitro groups is 2. The van der Waals surface area contributed by atoms with Crippen LogP contribution >= 0.6 is 0 Å². The Morgan fingerprint density at radius 3 is 1.61 bits per heavy atom. The van der Waals surface area contributed by atoms with Gasteiger partial charge in [0.15, 0.2) is 5.78 Å². The summed E-state index contributed by atoms with van der Waals surface area (Å²) in [6.07, 6.45) is 4.57. The van der Waals surface area contributed by atoms with Gasteiger partial charge in [0.05, 0.1) is 9.85 Å². The molecule has 160 valence electrons. The minimum atomic E-state index is -0.462. The molecule has 0 saturated heterocycles. The van der Waals surface area contributed by atoms with Crippen molar-refractivity contribution >= 4 is 29.3 Å². The van der Waals surface area contributed by atoms with Crippen molar-refractivity contribution in [1.29, 1.82) is 0 Å². The third-order valence-electron chi connectivity index (χ3n) is 5.58. The maximum absolute atomic E-state index is 13.2. The summed E-state index contributed by atoms with van der Waals surface area (Å²) in [6.45, 7) is 6.34. The summed E-state index contributed by atoms with van der Waals surface area (Å²) in [4.78, 5) is 34.5. The van der Waals surface area contributed by atoms with Gasteiger partial charge in [-0.25, -0.2) is 0 Å². The van der Waals surface area contributed by atoms with E-state index >= 15 is 0 Å². The number of carbonyl (C=O) groups is 1. The molecule has 7 heteroatoms. The van der Waals surface area contributed by atoms with Gasteiger partial charge in [-0.05, 0) is 47.5 Å². The number of hydrogen-bond donors (Lipinski definition) is 0. The van der Waals surface area contributed by atoms with Crippen LogP contribution in [0.3, 0.4) is 0 Å². The fourth-order valence-electron chi connectivity index (χ4n) is 3.71. The van der Waals surface area contributed by atoms with E-state index < -0.39 is 9.85 Å². The van der Waals surface area contributed by atoms with Crippen molar-refractivity contribution in [2.75, 3.05) is 0 Å². The van der Waals surface area contributed by atoms with Crippen molar-refractivity contribution < 1.29 is 14.6 Å². The Morgan fingerprint density at radius 1 is 0.839 bits per heavy atom. The van der Waals surface area contributed by atoms with E-state index in [-0.39, 0.29) is 28.5 Å². The fraction of sp³-hybridized carbons (Fsp3) is 0.292. The van der Waals surface area contributed by atoms with E-state index in [1.807, 2.05) is 0 Å². The Bertz CT molecular complexity index is 1030. The predicted molar refractivity (Wildman–Crippen MR) is 119 cm³/mol. The second-order valence-corrected chi connectivity index (χ2v) is 8.84. The average Bonchev–Trinajstić information content (AvgIpc) is 2.70. The number of benzene rings is 2. The normalized spacial score (nSPS) is 19.6. The molecule has 0 bridgehead atoms. The highest BCUT2D eigenvalue weighted by Crippen LogP contribution is 2.42. The molecule has 1 aliphatic carbocycles. The monoisotopic (exact) mass is 420 g/mol. The largest absolute Gasteiger partial charge is 0.289 e. The van der Waals surface area contributed by atoms with Crippen LogP contribution in [-0.2, 0) is 4.79 Å². The molecule has 0 radical (unpaired) electrons. The molecule has 0 aromatic heterocycles. The van der Waals surface area contributed by atoms with Crippen molar-refractivity contribution in [3.8, 4) is 0 Å². The van der Waals surface area contributed by atoms with Gasteiger partial charge in [0, 0.05) is 35.4 Å². The Hall–Kier alpha value is -3.61. The summed E-state index contributed by atoms with van der Waals surface area (Å²) < 4.78 is 0. The highest BCUT2D eigenvalue weighted by molar-refractivity contribution is 6.14. The van der Waals surface area contributed by atoms with Crippen LogP contribution in [0.15, 0.2) is 59.7 Å². The first-order chi connectivity index (χ1) is 14.5. The van der Waals surface area contributed by atoms with Gasteiger partial charge in [-0.15, -0.1) is 0 Å². The van der Waals surface area contributed by atoms with E-state index in [0.29, 0.717) is 35.1 Å². The molecule has 3 rings (SSSR count). The molecule has 31 heavy (non-hydrogen) atoms. The van der Waals surface area contributed by atoms with E-state index in [0.717, 1.165) is 0 Å². The molecular weight excluding hydrogens is 396 g/mol. The standard InChI is InChI=1S/C24H24N2O5/c1-24(2,3)20-14-18(10-16-6-4-8-21(12-16)25(28)29)23(27)19(15-20)11-17-7-5-9-22(13-17)26(30)31/h4-13,20H,14-15H2,1-3H3/b18-10+,19-11+. The molecule has 7 nitrogen and oxygen atoms in total. The molecule has 1 saturated carbocycles. The number of nitro benzene ring substituents is 2. The molecule has 0 unspecified atom stereocenters. The van der Waals surface area contributed by atoms with E-state index in [9.17, 15) is 25.0 Å². The summed E-state index contributed by atoms with van der Waals surface area (Å²) in [5.41, 5.74) is 2.24. The Balaban J connectivity index is 2.04. The SMILES string of the molecule is CC(C)(C)C1C/C(=C\c2cccc([N+](=O)[O-])c2)C(=O)/C(=C/c2cccc([N+](=O)[O-])c2)C1. The first-order valence-electron chi connectivity index (χ1n) is 9.99. The van der Waals surface area contributed by atoms with Gasteiger partial charge in [0.25, 0.3) is 11.4 Å². The van der Waals surface area contributed by atoms with Crippen molar-refractivity contribution in [3.63, 3.8) is 0 Å². The third kappa shape index (κ3) is 5.31. The Labute approximate surface area is 180 Å². The minimum absolute atomic E-state index is 0.0302. The zero-order valence-electron chi connectivity index (χ0n) is 17.7. The molecule has 0 amide bonds. The summed E-state index contributed by atoms with van der Waals surface area (Å²) in [5, 5.41) is 22.2. The van der Waals surface area contributed by atoms with Gasteiger partial charge in [-0.2, -0.15) is 0 Å². The summed E-state index contributed by atoms with van der Waals surface area (Å²) in [7, 11) is 0. The van der Waals surface area contributed by atoms with Crippen LogP contribution in [0.5, 0.6) is 0 Å². The third-order valence-corrected chi connectivity index (χ3v) is 5.58. The number of non-ortho nitro benzene ring substituents is 2. The molecule has 0 spiro atoms. The second-order valence-electron chi connectivity index (χ2n) is 8.84. The predicted octanol–water partition coefficient (Wildman–Crippen LogP) is 6.00. The molecule has 0 aliphatic heterocycles. The molecule has 0 heterocycles. The topological polar surface area (TPSA) is 103 Å². The highest BCUT2D eigenvalue weighted by atomic mass is 16.6. The average molecular weight is 420 g/mol. The number of rotatable bonds is 4. The van der Waals surface area contributed by atoms with Crippen LogP contribution in [0.2, 0.25) is 0 Å². The lowest BCUT2D eigenvalue weighted by Gasteiger charge is -2.35. The maximum Gasteiger partial charge on any atom is 0.270 e. The Kier molecular flexibility index (Phi) is 6.15. The molecule has 2 aromatic rings. The summed E-state index contributed by atoms with van der Waals surface area (Å²) in [5.74, 6) is 0.0543. The van der Waals surface area contributed by atoms with E-state index in [1.165, 1.54) is 24.3 Å². The van der Waals surface area contributed by atoms with Gasteiger partial charge in [-0.1, -0.05) is 45.0 Å². The van der Waals surface area contributed by atoms with E-state index in [2.05, 4.69) is 20.8 Å². The van der Waals surface area contributed by atoms with Crippen LogP contribution < -0.4 is 0 Å². The number of Topliss-reactive ketones (excluding diaryl/α,β-unsaturated/α-hetero) is 1. The highest BCUT2D eigenvalue weighted by Gasteiger charge is 2.34. The quantitative estimate of drug-likeness (QED) is 0.343. The van der Waals surface area contributed by atoms with E-state index in [4.69, 9.17) is 0 Å². The second kappa shape index (κ2) is 8.63. The number of ketones is 1. The van der Waals surface area contributed by atoms with Crippen LogP contribution in [-0.4, -0.2) is 15.6 Å². The summed E-state index contributed by atoms with van der Waals surface area (Å²) in [6, 6.07) is 12.4. The van der Waals surface area contributed by atoms with Gasteiger partial charge in [-0.3, -0.25) is 25.0 Å². The Morgan fingerprint density at radius 2 is 1.26 bits per heavy atom. The van der Waals surface area contributed by atoms with Gasteiger partial charge < -0.3 is 0 Å². The van der Waals surface area contributed by atoms with Crippen LogP contribution in [0.25, 0.3) is 12.2 Å². The zero-order valence-corrected chi connectivity index (χ0v) is 17.7. The van der Waals surface area contributed by atoms with Crippen molar-refractivity contribution in [3.05, 3.63) is 91.0 Å². The number of nitrogens with zero attached hydrogens (tertiary/aromatic N) is 2. The van der Waals surface area contributed by atoms with Gasteiger partial charge in [0.2, 0.25) is 0 Å². The summed E-state index contributed by atoms with van der Waals surface area (Å²) >= 11 is 0. The molecular formula is C24H24N2O5. The van der Waals surface area contributed by atoms with Crippen molar-refractivity contribution in [2.45, 2.75) is 33.6 Å². The lowest BCUT2D eigenvalue weighted by Crippen LogP contribution is -2.29. The maximum atomic E-state index is 13.2. The van der Waals surface area contributed by atoms with E-state index in [1.54, 1.807) is 36.4 Å². The molecule has 1 aliphatic rings. The fourth-order valence-corrected chi connectivity index (χ4v) is 3.71. The van der Waals surface area contributed by atoms with Crippen LogP contribution in [0.1, 0.15) is 44.7 Å². The van der Waals surface area contributed by atoms with Gasteiger partial charge in [0.1, 0.15) is 0 Å². The lowest BCUT2D eigenvalue weighted by atomic mass is 9.68. The smallest absolute Gasteiger partial charge is 0.270 e. The zero-order chi connectivity index (χ0) is 22.8. The first kappa shape index (κ1) is 22.1. The van der Waals surface area contributed by atoms with Crippen LogP contribution in [0.4, 0.5) is 11.4 Å². The molecule has 2 aromatic carbocycles. The minimum Gasteiger partial charge on any atom is -0.289 e. The molecule has 1 fully saturated rings. The number of allylic oxidation sites excluding steroid dienone is 2. The molecule has 0 N–H and O–H groups in total. The number of hydrogen-bond acceptors (Lipinski definition) is 5. The van der Waals surface area contributed by atoms with Crippen molar-refractivity contribution in [2.24, 2.45) is 11.3 Å². The van der Waals surface area contributed by atoms with Crippen molar-refractivity contribution in [1.82, 2.24) is 0 Å². The molecule has 0 atom stereocenters. The first-order valence-corrected chi connectivity index (χ1v) is 9.99. The number of carbonyl (C=O) groups excluding carboxylic acids is 1. The lowest BCUT2D eigenvalue weighted by molar-refractivity contribution is -0.385. The van der Waals surface area contributed by atoms with Gasteiger partial charge >= 0.3 is 0 Å².